The number of carbonyl (C=O) groups excluding carboxylic acids is 3. The number of alkyl halides is 3. The van der Waals surface area contributed by atoms with Crippen molar-refractivity contribution in [2.75, 3.05) is 11.9 Å². The normalized spacial score (nSPS) is 15.8. The maximum Gasteiger partial charge on any atom is 0.416 e. The lowest BCUT2D eigenvalue weighted by Gasteiger charge is -2.12. The third-order valence-electron chi connectivity index (χ3n) is 3.89. The molecule has 0 radical (unpaired) electrons. The molecule has 0 atom stereocenters. The standard InChI is InChI=1S/C19H11F5N2O3S/c20-12-4-5-14(13(21)8-12)25-16(27)9-26-17(28)15(30-18(26)29)7-10-2-1-3-11(6-10)19(22,23)24/h1-8H,9H2,(H,25,27)/b15-7+. The fraction of sp³-hybridized carbons (Fsp3) is 0.105. The summed E-state index contributed by atoms with van der Waals surface area (Å²) in [5.74, 6) is -3.68. The SMILES string of the molecule is O=C(CN1C(=O)S/C(=C/c2cccc(C(F)(F)F)c2)C1=O)Nc1ccc(F)cc1F. The molecule has 0 aromatic heterocycles. The third-order valence-corrected chi connectivity index (χ3v) is 4.80. The van der Waals surface area contributed by atoms with Gasteiger partial charge in [-0.3, -0.25) is 19.3 Å². The van der Waals surface area contributed by atoms with Crippen molar-refractivity contribution in [1.82, 2.24) is 4.90 Å². The molecular formula is C19H11F5N2O3S. The van der Waals surface area contributed by atoms with E-state index in [0.29, 0.717) is 22.7 Å². The highest BCUT2D eigenvalue weighted by Crippen LogP contribution is 2.34. The van der Waals surface area contributed by atoms with Crippen LogP contribution in [0.3, 0.4) is 0 Å². The first-order valence-electron chi connectivity index (χ1n) is 8.22. The first-order chi connectivity index (χ1) is 14.0. The molecule has 1 aliphatic rings. The van der Waals surface area contributed by atoms with Crippen LogP contribution < -0.4 is 5.32 Å². The average molecular weight is 442 g/mol. The zero-order chi connectivity index (χ0) is 22.1. The van der Waals surface area contributed by atoms with Crippen LogP contribution in [0.5, 0.6) is 0 Å². The van der Waals surface area contributed by atoms with E-state index in [1.807, 2.05) is 0 Å². The molecule has 0 bridgehead atoms. The summed E-state index contributed by atoms with van der Waals surface area (Å²) in [7, 11) is 0. The summed E-state index contributed by atoms with van der Waals surface area (Å²) in [5, 5.41) is 1.30. The van der Waals surface area contributed by atoms with E-state index in [4.69, 9.17) is 0 Å². The van der Waals surface area contributed by atoms with Gasteiger partial charge < -0.3 is 5.32 Å². The Morgan fingerprint density at radius 3 is 2.50 bits per heavy atom. The number of halogens is 5. The van der Waals surface area contributed by atoms with Gasteiger partial charge in [-0.05, 0) is 47.7 Å². The lowest BCUT2D eigenvalue weighted by atomic mass is 10.1. The molecule has 2 aromatic rings. The van der Waals surface area contributed by atoms with Crippen molar-refractivity contribution in [3.05, 3.63) is 70.1 Å². The molecule has 5 nitrogen and oxygen atoms in total. The number of hydrogen-bond acceptors (Lipinski definition) is 4. The summed E-state index contributed by atoms with van der Waals surface area (Å²) < 4.78 is 64.9. The second-order valence-corrected chi connectivity index (χ2v) is 7.06. The van der Waals surface area contributed by atoms with Gasteiger partial charge in [0.25, 0.3) is 11.1 Å². The highest BCUT2D eigenvalue weighted by Gasteiger charge is 2.36. The molecular weight excluding hydrogens is 431 g/mol. The highest BCUT2D eigenvalue weighted by molar-refractivity contribution is 8.18. The molecule has 1 aliphatic heterocycles. The van der Waals surface area contributed by atoms with Crippen LogP contribution >= 0.6 is 11.8 Å². The maximum absolute atomic E-state index is 13.6. The lowest BCUT2D eigenvalue weighted by molar-refractivity contribution is -0.137. The van der Waals surface area contributed by atoms with E-state index in [-0.39, 0.29) is 16.2 Å². The summed E-state index contributed by atoms with van der Waals surface area (Å²) in [6.45, 7) is -0.749. The van der Waals surface area contributed by atoms with E-state index in [2.05, 4.69) is 5.32 Å². The molecule has 0 unspecified atom stereocenters. The van der Waals surface area contributed by atoms with E-state index >= 15 is 0 Å². The van der Waals surface area contributed by atoms with Crippen molar-refractivity contribution in [2.45, 2.75) is 6.18 Å². The maximum atomic E-state index is 13.6. The van der Waals surface area contributed by atoms with Crippen LogP contribution in [0.4, 0.5) is 32.4 Å². The molecule has 1 fully saturated rings. The predicted octanol–water partition coefficient (Wildman–Crippen LogP) is 4.66. The molecule has 2 aromatic carbocycles. The number of thioether (sulfide) groups is 1. The van der Waals surface area contributed by atoms with Crippen molar-refractivity contribution in [2.24, 2.45) is 0 Å². The molecule has 3 rings (SSSR count). The summed E-state index contributed by atoms with van der Waals surface area (Å²) in [5.41, 5.74) is -1.21. The van der Waals surface area contributed by atoms with Crippen LogP contribution in [-0.4, -0.2) is 28.5 Å². The van der Waals surface area contributed by atoms with Gasteiger partial charge in [-0.15, -0.1) is 0 Å². The van der Waals surface area contributed by atoms with Crippen LogP contribution in [0.2, 0.25) is 0 Å². The van der Waals surface area contributed by atoms with Gasteiger partial charge in [-0.25, -0.2) is 8.78 Å². The summed E-state index contributed by atoms with van der Waals surface area (Å²) in [6, 6.07) is 6.60. The van der Waals surface area contributed by atoms with E-state index in [9.17, 15) is 36.3 Å². The van der Waals surface area contributed by atoms with Crippen LogP contribution in [0.1, 0.15) is 11.1 Å². The monoisotopic (exact) mass is 442 g/mol. The fourth-order valence-corrected chi connectivity index (χ4v) is 3.35. The van der Waals surface area contributed by atoms with Crippen molar-refractivity contribution >= 4 is 40.6 Å². The number of rotatable bonds is 4. The molecule has 156 valence electrons. The predicted molar refractivity (Wildman–Crippen MR) is 99.1 cm³/mol. The Morgan fingerprint density at radius 2 is 1.83 bits per heavy atom. The second kappa shape index (κ2) is 8.27. The summed E-state index contributed by atoms with van der Waals surface area (Å²) in [4.78, 5) is 36.9. The molecule has 0 aliphatic carbocycles. The largest absolute Gasteiger partial charge is 0.416 e. The van der Waals surface area contributed by atoms with Gasteiger partial charge >= 0.3 is 6.18 Å². The zero-order valence-electron chi connectivity index (χ0n) is 14.8. The number of imide groups is 1. The molecule has 3 amide bonds. The molecule has 11 heteroatoms. The van der Waals surface area contributed by atoms with Crippen molar-refractivity contribution in [1.29, 1.82) is 0 Å². The Kier molecular flexibility index (Phi) is 5.92. The Morgan fingerprint density at radius 1 is 1.10 bits per heavy atom. The van der Waals surface area contributed by atoms with E-state index in [0.717, 1.165) is 36.4 Å². The van der Waals surface area contributed by atoms with E-state index in [1.165, 1.54) is 6.07 Å². The Bertz CT molecular complexity index is 1070. The van der Waals surface area contributed by atoms with Crippen LogP contribution in [-0.2, 0) is 15.8 Å². The molecule has 1 heterocycles. The smallest absolute Gasteiger partial charge is 0.322 e. The Hall–Kier alpha value is -3.21. The molecule has 0 spiro atoms. The third kappa shape index (κ3) is 4.85. The minimum Gasteiger partial charge on any atom is -0.322 e. The second-order valence-electron chi connectivity index (χ2n) is 6.06. The molecule has 30 heavy (non-hydrogen) atoms. The highest BCUT2D eigenvalue weighted by atomic mass is 32.2. The number of anilines is 1. The molecule has 1 N–H and O–H groups in total. The van der Waals surface area contributed by atoms with Gasteiger partial charge in [0.2, 0.25) is 5.91 Å². The van der Waals surface area contributed by atoms with E-state index < -0.39 is 47.0 Å². The van der Waals surface area contributed by atoms with Crippen LogP contribution in [0.25, 0.3) is 6.08 Å². The summed E-state index contributed by atoms with van der Waals surface area (Å²) in [6.07, 6.45) is -3.46. The van der Waals surface area contributed by atoms with Crippen molar-refractivity contribution < 1.29 is 36.3 Å². The Balaban J connectivity index is 1.73. The van der Waals surface area contributed by atoms with Gasteiger partial charge in [0.15, 0.2) is 0 Å². The lowest BCUT2D eigenvalue weighted by Crippen LogP contribution is -2.36. The number of nitrogens with zero attached hydrogens (tertiary/aromatic N) is 1. The number of benzene rings is 2. The van der Waals surface area contributed by atoms with Gasteiger partial charge in [-0.2, -0.15) is 13.2 Å². The number of nitrogens with one attached hydrogen (secondary N) is 1. The topological polar surface area (TPSA) is 66.5 Å². The number of hydrogen-bond donors (Lipinski definition) is 1. The Labute approximate surface area is 170 Å². The van der Waals surface area contributed by atoms with Gasteiger partial charge in [0.05, 0.1) is 16.2 Å². The summed E-state index contributed by atoms with van der Waals surface area (Å²) >= 11 is 0.457. The number of amides is 3. The fourth-order valence-electron chi connectivity index (χ4n) is 2.52. The van der Waals surface area contributed by atoms with Gasteiger partial charge in [0.1, 0.15) is 18.2 Å². The minimum absolute atomic E-state index is 0.0492. The van der Waals surface area contributed by atoms with Gasteiger partial charge in [0, 0.05) is 6.07 Å². The zero-order valence-corrected chi connectivity index (χ0v) is 15.6. The average Bonchev–Trinajstić information content (AvgIpc) is 2.91. The molecule has 0 saturated carbocycles. The van der Waals surface area contributed by atoms with Crippen LogP contribution in [0, 0.1) is 11.6 Å². The van der Waals surface area contributed by atoms with Crippen molar-refractivity contribution in [3.63, 3.8) is 0 Å². The molecule has 1 saturated heterocycles. The minimum atomic E-state index is -4.57. The first-order valence-corrected chi connectivity index (χ1v) is 9.04. The van der Waals surface area contributed by atoms with Crippen molar-refractivity contribution in [3.8, 4) is 0 Å². The number of carbonyl (C=O) groups is 3. The van der Waals surface area contributed by atoms with Crippen LogP contribution in [0.15, 0.2) is 47.4 Å². The first kappa shape index (κ1) is 21.5. The van der Waals surface area contributed by atoms with Gasteiger partial charge in [-0.1, -0.05) is 12.1 Å². The quantitative estimate of drug-likeness (QED) is 0.553. The van der Waals surface area contributed by atoms with E-state index in [1.54, 1.807) is 0 Å².